The lowest BCUT2D eigenvalue weighted by molar-refractivity contribution is 0.152. The van der Waals surface area contributed by atoms with E-state index in [1.165, 1.54) is 0 Å². The van der Waals surface area contributed by atoms with E-state index in [0.717, 1.165) is 14.6 Å². The van der Waals surface area contributed by atoms with Crippen LogP contribution < -0.4 is 5.73 Å². The summed E-state index contributed by atoms with van der Waals surface area (Å²) in [6.07, 6.45) is -0.772. The van der Waals surface area contributed by atoms with Gasteiger partial charge in [-0.15, -0.1) is 0 Å². The van der Waals surface area contributed by atoms with Gasteiger partial charge in [0.15, 0.2) is 4.77 Å². The van der Waals surface area contributed by atoms with Crippen LogP contribution in [0.5, 0.6) is 0 Å². The number of nitrogens with two attached hydrogens (primary N) is 1. The predicted molar refractivity (Wildman–Crippen MR) is 75.4 cm³/mol. The quantitative estimate of drug-likeness (QED) is 0.650. The molecule has 2 aromatic rings. The van der Waals surface area contributed by atoms with Crippen molar-refractivity contribution < 1.29 is 9.53 Å². The lowest BCUT2D eigenvalue weighted by atomic mass is 10.3. The summed E-state index contributed by atoms with van der Waals surface area (Å²) >= 11 is 7.45. The van der Waals surface area contributed by atoms with Crippen LogP contribution in [0.2, 0.25) is 0 Å². The van der Waals surface area contributed by atoms with Crippen molar-refractivity contribution in [1.29, 1.82) is 0 Å². The maximum atomic E-state index is 10.5. The topological polar surface area (TPSA) is 73.0 Å². The van der Waals surface area contributed by atoms with Gasteiger partial charge in [-0.1, -0.05) is 0 Å². The highest BCUT2D eigenvalue weighted by atomic mass is 127. The summed E-state index contributed by atoms with van der Waals surface area (Å²) in [5.74, 6) is 0. The number of nitrogens with one attached hydrogen (secondary N) is 1. The Morgan fingerprint density at radius 1 is 1.59 bits per heavy atom. The van der Waals surface area contributed by atoms with Gasteiger partial charge in [0.05, 0.1) is 17.6 Å². The number of carbonyl (C=O) groups excluding carboxylic acids is 1. The van der Waals surface area contributed by atoms with E-state index in [-0.39, 0.29) is 6.61 Å². The van der Waals surface area contributed by atoms with Crippen LogP contribution in [0.3, 0.4) is 0 Å². The summed E-state index contributed by atoms with van der Waals surface area (Å²) in [5.41, 5.74) is 6.86. The van der Waals surface area contributed by atoms with E-state index < -0.39 is 6.09 Å². The smallest absolute Gasteiger partial charge is 0.404 e. The number of hydrogen-bond donors (Lipinski definition) is 2. The van der Waals surface area contributed by atoms with Crippen LogP contribution in [0, 0.1) is 8.34 Å². The number of amides is 1. The fourth-order valence-corrected chi connectivity index (χ4v) is 2.39. The molecule has 90 valence electrons. The number of carbonyl (C=O) groups is 1. The first kappa shape index (κ1) is 12.4. The monoisotopic (exact) mass is 363 g/mol. The number of benzene rings is 1. The Bertz CT molecular complexity index is 620. The van der Waals surface area contributed by atoms with Crippen LogP contribution in [0.25, 0.3) is 11.0 Å². The largest absolute Gasteiger partial charge is 0.448 e. The Hall–Kier alpha value is -1.09. The minimum Gasteiger partial charge on any atom is -0.448 e. The zero-order chi connectivity index (χ0) is 12.4. The molecule has 3 N–H and O–H groups in total. The van der Waals surface area contributed by atoms with Crippen molar-refractivity contribution in [2.75, 3.05) is 6.61 Å². The summed E-state index contributed by atoms with van der Waals surface area (Å²) in [4.78, 5) is 13.6. The number of hydrogen-bond acceptors (Lipinski definition) is 3. The zero-order valence-electron chi connectivity index (χ0n) is 8.77. The van der Waals surface area contributed by atoms with Gasteiger partial charge in [0.1, 0.15) is 6.61 Å². The Morgan fingerprint density at radius 2 is 2.35 bits per heavy atom. The molecule has 0 atom stereocenters. The molecule has 1 aromatic carbocycles. The van der Waals surface area contributed by atoms with Crippen LogP contribution in [0.1, 0.15) is 0 Å². The average molecular weight is 363 g/mol. The Kier molecular flexibility index (Phi) is 3.67. The normalized spacial score (nSPS) is 10.6. The summed E-state index contributed by atoms with van der Waals surface area (Å²) in [7, 11) is 0. The molecule has 0 saturated carbocycles. The molecular formula is C10H10IN3O2S. The van der Waals surface area contributed by atoms with Gasteiger partial charge in [-0.3, -0.25) is 0 Å². The molecular weight excluding hydrogens is 353 g/mol. The summed E-state index contributed by atoms with van der Waals surface area (Å²) in [5, 5.41) is 0. The number of aromatic nitrogens is 2. The van der Waals surface area contributed by atoms with Crippen LogP contribution in [-0.4, -0.2) is 22.3 Å². The van der Waals surface area contributed by atoms with Gasteiger partial charge >= 0.3 is 6.09 Å². The molecule has 0 bridgehead atoms. The van der Waals surface area contributed by atoms with Crippen LogP contribution in [-0.2, 0) is 11.3 Å². The van der Waals surface area contributed by atoms with Gasteiger partial charge in [0.2, 0.25) is 0 Å². The lowest BCUT2D eigenvalue weighted by Crippen LogP contribution is -2.16. The molecule has 17 heavy (non-hydrogen) atoms. The van der Waals surface area contributed by atoms with Crippen LogP contribution in [0.4, 0.5) is 4.79 Å². The third-order valence-corrected chi connectivity index (χ3v) is 3.29. The van der Waals surface area contributed by atoms with Gasteiger partial charge < -0.3 is 20.0 Å². The van der Waals surface area contributed by atoms with E-state index in [4.69, 9.17) is 22.7 Å². The SMILES string of the molecule is NC(=O)OCCn1c(=S)[nH]c2cc(I)ccc21. The first-order valence-electron chi connectivity index (χ1n) is 4.88. The van der Waals surface area contributed by atoms with E-state index >= 15 is 0 Å². The molecule has 0 radical (unpaired) electrons. The average Bonchev–Trinajstić information content (AvgIpc) is 2.54. The minimum absolute atomic E-state index is 0.211. The van der Waals surface area contributed by atoms with Crippen molar-refractivity contribution >= 4 is 51.9 Å². The number of imidazole rings is 1. The Balaban J connectivity index is 2.30. The predicted octanol–water partition coefficient (Wildman–Crippen LogP) is 2.40. The first-order valence-corrected chi connectivity index (χ1v) is 6.37. The first-order chi connectivity index (χ1) is 8.08. The number of ether oxygens (including phenoxy) is 1. The molecule has 0 unspecified atom stereocenters. The fraction of sp³-hybridized carbons (Fsp3) is 0.200. The number of rotatable bonds is 3. The Morgan fingerprint density at radius 3 is 3.06 bits per heavy atom. The van der Waals surface area contributed by atoms with Gasteiger partial charge in [-0.2, -0.15) is 0 Å². The van der Waals surface area contributed by atoms with Gasteiger partial charge in [0, 0.05) is 3.57 Å². The van der Waals surface area contributed by atoms with Crippen molar-refractivity contribution in [3.8, 4) is 0 Å². The molecule has 5 nitrogen and oxygen atoms in total. The standard InChI is InChI=1S/C10H10IN3O2S/c11-6-1-2-8-7(5-6)13-10(17)14(8)3-4-16-9(12)15/h1-2,5H,3-4H2,(H2,12,15)(H,13,17). The maximum Gasteiger partial charge on any atom is 0.404 e. The minimum atomic E-state index is -0.772. The second-order valence-corrected chi connectivity index (χ2v) is 5.04. The van der Waals surface area contributed by atoms with Gasteiger partial charge in [-0.05, 0) is 53.0 Å². The van der Waals surface area contributed by atoms with E-state index in [2.05, 4.69) is 27.6 Å². The highest BCUT2D eigenvalue weighted by Gasteiger charge is 2.05. The number of nitrogens with zero attached hydrogens (tertiary/aromatic N) is 1. The molecule has 0 aliphatic heterocycles. The second-order valence-electron chi connectivity index (χ2n) is 3.41. The van der Waals surface area contributed by atoms with Crippen molar-refractivity contribution in [1.82, 2.24) is 9.55 Å². The molecule has 0 aliphatic carbocycles. The summed E-state index contributed by atoms with van der Waals surface area (Å²) < 4.78 is 8.32. The highest BCUT2D eigenvalue weighted by Crippen LogP contribution is 2.17. The van der Waals surface area contributed by atoms with E-state index in [0.29, 0.717) is 11.3 Å². The summed E-state index contributed by atoms with van der Waals surface area (Å²) in [6.45, 7) is 0.699. The fourth-order valence-electron chi connectivity index (χ4n) is 1.60. The van der Waals surface area contributed by atoms with E-state index in [9.17, 15) is 4.79 Å². The van der Waals surface area contributed by atoms with Crippen LogP contribution in [0.15, 0.2) is 18.2 Å². The van der Waals surface area contributed by atoms with Crippen LogP contribution >= 0.6 is 34.8 Å². The Labute approximate surface area is 116 Å². The van der Waals surface area contributed by atoms with Crippen molar-refractivity contribution in [2.45, 2.75) is 6.54 Å². The number of aromatic amines is 1. The van der Waals surface area contributed by atoms with Crippen molar-refractivity contribution in [3.63, 3.8) is 0 Å². The molecule has 7 heteroatoms. The zero-order valence-corrected chi connectivity index (χ0v) is 11.7. The van der Waals surface area contributed by atoms with Crippen molar-refractivity contribution in [2.24, 2.45) is 5.73 Å². The molecule has 1 heterocycles. The molecule has 0 fully saturated rings. The lowest BCUT2D eigenvalue weighted by Gasteiger charge is -2.04. The summed E-state index contributed by atoms with van der Waals surface area (Å²) in [6, 6.07) is 5.99. The van der Waals surface area contributed by atoms with Crippen molar-refractivity contribution in [3.05, 3.63) is 26.5 Å². The number of halogens is 1. The van der Waals surface area contributed by atoms with Gasteiger partial charge in [0.25, 0.3) is 0 Å². The third kappa shape index (κ3) is 2.78. The molecule has 1 aromatic heterocycles. The number of H-pyrrole nitrogens is 1. The number of fused-ring (bicyclic) bond motifs is 1. The second kappa shape index (κ2) is 5.05. The molecule has 0 saturated heterocycles. The number of primary amides is 1. The molecule has 0 aliphatic rings. The highest BCUT2D eigenvalue weighted by molar-refractivity contribution is 14.1. The third-order valence-electron chi connectivity index (χ3n) is 2.30. The van der Waals surface area contributed by atoms with E-state index in [1.807, 2.05) is 22.8 Å². The maximum absolute atomic E-state index is 10.5. The van der Waals surface area contributed by atoms with Gasteiger partial charge in [-0.25, -0.2) is 4.79 Å². The van der Waals surface area contributed by atoms with E-state index in [1.54, 1.807) is 0 Å². The molecule has 0 spiro atoms. The molecule has 2 rings (SSSR count). The molecule has 1 amide bonds.